The van der Waals surface area contributed by atoms with Gasteiger partial charge < -0.3 is 14.8 Å². The van der Waals surface area contributed by atoms with E-state index in [0.717, 1.165) is 0 Å². The van der Waals surface area contributed by atoms with Crippen molar-refractivity contribution in [1.82, 2.24) is 9.97 Å². The van der Waals surface area contributed by atoms with Crippen molar-refractivity contribution in [3.63, 3.8) is 0 Å². The average Bonchev–Trinajstić information content (AvgIpc) is 2.50. The highest BCUT2D eigenvalue weighted by Gasteiger charge is 2.13. The molecule has 0 saturated heterocycles. The highest BCUT2D eigenvalue weighted by atomic mass is 35.5. The van der Waals surface area contributed by atoms with Gasteiger partial charge in [-0.05, 0) is 24.3 Å². The maximum Gasteiger partial charge on any atom is 0.261 e. The van der Waals surface area contributed by atoms with Gasteiger partial charge in [-0.1, -0.05) is 11.6 Å². The van der Waals surface area contributed by atoms with Crippen molar-refractivity contribution in [1.29, 1.82) is 0 Å². The predicted octanol–water partition coefficient (Wildman–Crippen LogP) is 2.41. The molecule has 6 nitrogen and oxygen atoms in total. The third-order valence-corrected chi connectivity index (χ3v) is 2.75. The lowest BCUT2D eigenvalue weighted by Gasteiger charge is -2.10. The molecule has 1 amide bonds. The van der Waals surface area contributed by atoms with E-state index < -0.39 is 0 Å². The molecule has 0 aliphatic carbocycles. The molecule has 0 atom stereocenters. The molecule has 21 heavy (non-hydrogen) atoms. The van der Waals surface area contributed by atoms with Crippen LogP contribution in [0.15, 0.2) is 36.7 Å². The maximum absolute atomic E-state index is 12.2. The van der Waals surface area contributed by atoms with Gasteiger partial charge in [0.2, 0.25) is 5.88 Å². The molecule has 1 N–H and O–H groups in total. The van der Waals surface area contributed by atoms with E-state index >= 15 is 0 Å². The SMILES string of the molecule is COCCOc1ncccc1C(=O)Nc1ccc(Cl)nc1. The van der Waals surface area contributed by atoms with Crippen LogP contribution in [0, 0.1) is 0 Å². The summed E-state index contributed by atoms with van der Waals surface area (Å²) in [5.74, 6) is -0.0754. The van der Waals surface area contributed by atoms with Gasteiger partial charge in [0, 0.05) is 13.3 Å². The average molecular weight is 308 g/mol. The molecule has 0 saturated carbocycles. The number of nitrogens with zero attached hydrogens (tertiary/aromatic N) is 2. The Morgan fingerprint density at radius 2 is 2.14 bits per heavy atom. The molecule has 0 bridgehead atoms. The van der Waals surface area contributed by atoms with E-state index in [1.54, 1.807) is 37.6 Å². The van der Waals surface area contributed by atoms with E-state index in [4.69, 9.17) is 21.1 Å². The van der Waals surface area contributed by atoms with Crippen molar-refractivity contribution in [3.8, 4) is 5.88 Å². The second-order valence-electron chi connectivity index (χ2n) is 4.02. The predicted molar refractivity (Wildman–Crippen MR) is 78.8 cm³/mol. The van der Waals surface area contributed by atoms with Gasteiger partial charge in [-0.25, -0.2) is 9.97 Å². The first-order chi connectivity index (χ1) is 10.2. The Hall–Kier alpha value is -2.18. The van der Waals surface area contributed by atoms with Gasteiger partial charge in [-0.3, -0.25) is 4.79 Å². The summed E-state index contributed by atoms with van der Waals surface area (Å²) >= 11 is 5.70. The molecular weight excluding hydrogens is 294 g/mol. The topological polar surface area (TPSA) is 73.3 Å². The summed E-state index contributed by atoms with van der Waals surface area (Å²) in [6.07, 6.45) is 3.03. The van der Waals surface area contributed by atoms with Crippen LogP contribution in [-0.2, 0) is 4.74 Å². The van der Waals surface area contributed by atoms with E-state index in [1.807, 2.05) is 0 Å². The number of hydrogen-bond donors (Lipinski definition) is 1. The summed E-state index contributed by atoms with van der Waals surface area (Å²) in [5.41, 5.74) is 0.875. The van der Waals surface area contributed by atoms with Gasteiger partial charge in [0.25, 0.3) is 5.91 Å². The van der Waals surface area contributed by atoms with E-state index in [0.29, 0.717) is 29.6 Å². The molecule has 0 aliphatic rings. The number of rotatable bonds is 6. The van der Waals surface area contributed by atoms with Gasteiger partial charge in [0.05, 0.1) is 18.5 Å². The number of ether oxygens (including phenoxy) is 2. The highest BCUT2D eigenvalue weighted by Crippen LogP contribution is 2.17. The number of nitrogens with one attached hydrogen (secondary N) is 1. The van der Waals surface area contributed by atoms with Crippen LogP contribution in [0.5, 0.6) is 5.88 Å². The molecule has 0 unspecified atom stereocenters. The van der Waals surface area contributed by atoms with Crippen molar-refractivity contribution >= 4 is 23.2 Å². The molecule has 110 valence electrons. The normalized spacial score (nSPS) is 10.2. The number of methoxy groups -OCH3 is 1. The zero-order valence-electron chi connectivity index (χ0n) is 11.4. The molecule has 0 spiro atoms. The van der Waals surface area contributed by atoms with E-state index in [2.05, 4.69) is 15.3 Å². The van der Waals surface area contributed by atoms with Crippen molar-refractivity contribution < 1.29 is 14.3 Å². The number of halogens is 1. The molecule has 0 aliphatic heterocycles. The van der Waals surface area contributed by atoms with Crippen molar-refractivity contribution in [2.75, 3.05) is 25.6 Å². The van der Waals surface area contributed by atoms with Crippen LogP contribution in [0.4, 0.5) is 5.69 Å². The van der Waals surface area contributed by atoms with Crippen LogP contribution in [0.25, 0.3) is 0 Å². The number of amides is 1. The molecule has 2 rings (SSSR count). The van der Waals surface area contributed by atoms with Gasteiger partial charge in [-0.2, -0.15) is 0 Å². The molecule has 0 radical (unpaired) electrons. The Kier molecular flexibility index (Phi) is 5.48. The first-order valence-corrected chi connectivity index (χ1v) is 6.58. The molecule has 0 aromatic carbocycles. The molecule has 7 heteroatoms. The Balaban J connectivity index is 2.09. The number of anilines is 1. The van der Waals surface area contributed by atoms with Crippen LogP contribution in [0.1, 0.15) is 10.4 Å². The Labute approximate surface area is 127 Å². The smallest absolute Gasteiger partial charge is 0.261 e. The van der Waals surface area contributed by atoms with Crippen LogP contribution < -0.4 is 10.1 Å². The van der Waals surface area contributed by atoms with Gasteiger partial charge in [-0.15, -0.1) is 0 Å². The minimum atomic E-state index is -0.334. The zero-order chi connectivity index (χ0) is 15.1. The van der Waals surface area contributed by atoms with Crippen molar-refractivity contribution in [3.05, 3.63) is 47.4 Å². The zero-order valence-corrected chi connectivity index (χ0v) is 12.1. The van der Waals surface area contributed by atoms with Crippen LogP contribution in [0.3, 0.4) is 0 Å². The van der Waals surface area contributed by atoms with Crippen LogP contribution >= 0.6 is 11.6 Å². The van der Waals surface area contributed by atoms with E-state index in [-0.39, 0.29) is 11.8 Å². The molecule has 2 heterocycles. The fourth-order valence-electron chi connectivity index (χ4n) is 1.55. The lowest BCUT2D eigenvalue weighted by Crippen LogP contribution is -2.15. The van der Waals surface area contributed by atoms with Gasteiger partial charge >= 0.3 is 0 Å². The second-order valence-corrected chi connectivity index (χ2v) is 4.41. The Morgan fingerprint density at radius 3 is 2.86 bits per heavy atom. The Morgan fingerprint density at radius 1 is 1.29 bits per heavy atom. The molecule has 0 fully saturated rings. The van der Waals surface area contributed by atoms with Gasteiger partial charge in [0.15, 0.2) is 0 Å². The summed E-state index contributed by atoms with van der Waals surface area (Å²) in [6.45, 7) is 0.731. The minimum absolute atomic E-state index is 0.258. The third-order valence-electron chi connectivity index (χ3n) is 2.53. The molecule has 2 aromatic heterocycles. The first kappa shape index (κ1) is 15.2. The number of carbonyl (C=O) groups excluding carboxylic acids is 1. The van der Waals surface area contributed by atoms with Crippen LogP contribution in [-0.4, -0.2) is 36.2 Å². The summed E-state index contributed by atoms with van der Waals surface area (Å²) < 4.78 is 10.3. The second kappa shape index (κ2) is 7.56. The largest absolute Gasteiger partial charge is 0.475 e. The van der Waals surface area contributed by atoms with E-state index in [9.17, 15) is 4.79 Å². The highest BCUT2D eigenvalue weighted by molar-refractivity contribution is 6.29. The minimum Gasteiger partial charge on any atom is -0.475 e. The number of pyridine rings is 2. The summed E-state index contributed by atoms with van der Waals surface area (Å²) in [7, 11) is 1.57. The van der Waals surface area contributed by atoms with Crippen LogP contribution in [0.2, 0.25) is 5.15 Å². The molecular formula is C14H14ClN3O3. The van der Waals surface area contributed by atoms with Crippen molar-refractivity contribution in [2.24, 2.45) is 0 Å². The van der Waals surface area contributed by atoms with Gasteiger partial charge in [0.1, 0.15) is 17.3 Å². The first-order valence-electron chi connectivity index (χ1n) is 6.20. The number of carbonyl (C=O) groups is 1. The monoisotopic (exact) mass is 307 g/mol. The summed E-state index contributed by atoms with van der Waals surface area (Å²) in [5, 5.41) is 3.06. The standard InChI is InChI=1S/C14H14ClN3O3/c1-20-7-8-21-14-11(3-2-6-16-14)13(19)18-10-4-5-12(15)17-9-10/h2-6,9H,7-8H2,1H3,(H,18,19). The van der Waals surface area contributed by atoms with Crippen molar-refractivity contribution in [2.45, 2.75) is 0 Å². The fraction of sp³-hybridized carbons (Fsp3) is 0.214. The number of aromatic nitrogens is 2. The summed E-state index contributed by atoms with van der Waals surface area (Å²) in [6, 6.07) is 6.55. The fourth-order valence-corrected chi connectivity index (χ4v) is 1.66. The lowest BCUT2D eigenvalue weighted by atomic mass is 10.2. The quantitative estimate of drug-likeness (QED) is 0.655. The molecule has 2 aromatic rings. The maximum atomic E-state index is 12.2. The summed E-state index contributed by atoms with van der Waals surface area (Å²) in [4.78, 5) is 20.2. The third kappa shape index (κ3) is 4.40. The van der Waals surface area contributed by atoms with E-state index in [1.165, 1.54) is 6.20 Å². The number of hydrogen-bond acceptors (Lipinski definition) is 5. The Bertz CT molecular complexity index is 605. The lowest BCUT2D eigenvalue weighted by molar-refractivity contribution is 0.101.